The molecular formula is C27H34FN3O5S. The molecule has 0 saturated carbocycles. The average molecular weight is 532 g/mol. The lowest BCUT2D eigenvalue weighted by Crippen LogP contribution is -2.31. The lowest BCUT2D eigenvalue weighted by atomic mass is 9.91. The molecule has 37 heavy (non-hydrogen) atoms. The number of nitrogens with zero attached hydrogens (tertiary/aromatic N) is 3. The summed E-state index contributed by atoms with van der Waals surface area (Å²) in [5.41, 5.74) is 2.34. The molecule has 200 valence electrons. The number of aliphatic hydroxyl groups is 1. The van der Waals surface area contributed by atoms with Gasteiger partial charge in [-0.15, -0.1) is 0 Å². The van der Waals surface area contributed by atoms with Crippen molar-refractivity contribution in [1.82, 2.24) is 9.55 Å². The zero-order valence-electron chi connectivity index (χ0n) is 21.8. The summed E-state index contributed by atoms with van der Waals surface area (Å²) in [6, 6.07) is 9.23. The van der Waals surface area contributed by atoms with Crippen LogP contribution >= 0.6 is 0 Å². The van der Waals surface area contributed by atoms with Crippen LogP contribution in [0.2, 0.25) is 0 Å². The zero-order chi connectivity index (χ0) is 27.3. The SMILES string of the molecule is CC(C)Cc1cc(-c2cccc(F)c2)c(N(C(=O)OCCO)[SH](=O)=O)cc1Cn1ccnc1C(C)(C)C. The number of carbonyl (C=O) groups excluding carboxylic acids is 1. The van der Waals surface area contributed by atoms with Crippen LogP contribution in [0, 0.1) is 11.7 Å². The van der Waals surface area contributed by atoms with Gasteiger partial charge < -0.3 is 14.4 Å². The molecule has 2 aromatic carbocycles. The lowest BCUT2D eigenvalue weighted by Gasteiger charge is -2.24. The quantitative estimate of drug-likeness (QED) is 0.388. The number of amides is 1. The molecule has 1 N–H and O–H groups in total. The van der Waals surface area contributed by atoms with Gasteiger partial charge in [0.05, 0.1) is 12.3 Å². The van der Waals surface area contributed by atoms with Crippen molar-refractivity contribution in [3.05, 3.63) is 71.6 Å². The Hall–Kier alpha value is -3.24. The molecule has 10 heteroatoms. The molecule has 1 aromatic heterocycles. The van der Waals surface area contributed by atoms with Gasteiger partial charge in [-0.1, -0.05) is 46.8 Å². The molecule has 0 radical (unpaired) electrons. The standard InChI is InChI=1S/C27H34FN3O5S/c1-18(2)13-20-15-23(19-7-6-8-22(28)14-19)24(31(37(34)35)26(33)36-12-11-32)16-21(20)17-30-10-9-29-25(30)27(3,4)5/h6-10,14-16,18,32,37H,11-13,17H2,1-5H3. The highest BCUT2D eigenvalue weighted by Crippen LogP contribution is 2.36. The molecule has 0 spiro atoms. The summed E-state index contributed by atoms with van der Waals surface area (Å²) in [6.45, 7) is 9.88. The van der Waals surface area contributed by atoms with E-state index in [1.165, 1.54) is 18.2 Å². The Morgan fingerprint density at radius 2 is 1.92 bits per heavy atom. The number of rotatable bonds is 9. The number of hydrogen-bond donors (Lipinski definition) is 2. The van der Waals surface area contributed by atoms with Gasteiger partial charge in [0.25, 0.3) is 0 Å². The first-order valence-corrected chi connectivity index (χ1v) is 13.2. The highest BCUT2D eigenvalue weighted by molar-refractivity contribution is 7.75. The van der Waals surface area contributed by atoms with Crippen LogP contribution in [0.25, 0.3) is 11.1 Å². The third-order valence-electron chi connectivity index (χ3n) is 5.69. The van der Waals surface area contributed by atoms with E-state index in [1.807, 2.05) is 16.8 Å². The van der Waals surface area contributed by atoms with Crippen LogP contribution < -0.4 is 4.31 Å². The molecule has 0 bridgehead atoms. The summed E-state index contributed by atoms with van der Waals surface area (Å²) in [6.07, 6.45) is 3.11. The van der Waals surface area contributed by atoms with Gasteiger partial charge in [0, 0.05) is 29.9 Å². The van der Waals surface area contributed by atoms with E-state index in [4.69, 9.17) is 9.84 Å². The fraction of sp³-hybridized carbons (Fsp3) is 0.407. The Bertz CT molecular complexity index is 1320. The summed E-state index contributed by atoms with van der Waals surface area (Å²) in [5, 5.41) is 9.07. The first-order valence-electron chi connectivity index (χ1n) is 12.1. The van der Waals surface area contributed by atoms with E-state index in [0.717, 1.165) is 17.0 Å². The Morgan fingerprint density at radius 1 is 1.19 bits per heavy atom. The molecule has 8 nitrogen and oxygen atoms in total. The van der Waals surface area contributed by atoms with Crippen LogP contribution in [0.5, 0.6) is 0 Å². The number of imidazole rings is 1. The highest BCUT2D eigenvalue weighted by atomic mass is 32.2. The fourth-order valence-corrected chi connectivity index (χ4v) is 4.76. The first-order chi connectivity index (χ1) is 17.4. The van der Waals surface area contributed by atoms with Crippen molar-refractivity contribution >= 4 is 22.7 Å². The van der Waals surface area contributed by atoms with Crippen LogP contribution in [-0.2, 0) is 34.0 Å². The number of halogens is 1. The van der Waals surface area contributed by atoms with E-state index >= 15 is 0 Å². The van der Waals surface area contributed by atoms with Crippen molar-refractivity contribution in [3.63, 3.8) is 0 Å². The Balaban J connectivity index is 2.29. The minimum Gasteiger partial charge on any atom is -0.446 e. The maximum atomic E-state index is 14.2. The van der Waals surface area contributed by atoms with E-state index in [-0.39, 0.29) is 23.6 Å². The average Bonchev–Trinajstić information content (AvgIpc) is 3.27. The van der Waals surface area contributed by atoms with Crippen LogP contribution in [0.3, 0.4) is 0 Å². The number of thiol groups is 1. The summed E-state index contributed by atoms with van der Waals surface area (Å²) < 4.78 is 46.4. The van der Waals surface area contributed by atoms with E-state index in [1.54, 1.807) is 18.3 Å². The van der Waals surface area contributed by atoms with Crippen molar-refractivity contribution in [2.75, 3.05) is 17.5 Å². The third kappa shape index (κ3) is 6.95. The summed E-state index contributed by atoms with van der Waals surface area (Å²) in [4.78, 5) is 17.3. The van der Waals surface area contributed by atoms with Gasteiger partial charge in [0.15, 0.2) is 0 Å². The Kier molecular flexibility index (Phi) is 9.09. The van der Waals surface area contributed by atoms with E-state index < -0.39 is 29.4 Å². The van der Waals surface area contributed by atoms with Gasteiger partial charge >= 0.3 is 6.09 Å². The number of aliphatic hydroxyl groups excluding tert-OH is 1. The van der Waals surface area contributed by atoms with Gasteiger partial charge in [0.1, 0.15) is 18.2 Å². The third-order valence-corrected chi connectivity index (χ3v) is 6.40. The minimum atomic E-state index is -3.46. The van der Waals surface area contributed by atoms with Gasteiger partial charge in [-0.2, -0.15) is 4.31 Å². The molecule has 0 unspecified atom stereocenters. The second kappa shape index (κ2) is 11.9. The topological polar surface area (TPSA) is 102 Å². The van der Waals surface area contributed by atoms with Crippen molar-refractivity contribution < 1.29 is 27.4 Å². The van der Waals surface area contributed by atoms with Crippen LogP contribution in [0.15, 0.2) is 48.8 Å². The lowest BCUT2D eigenvalue weighted by molar-refractivity contribution is 0.128. The molecule has 0 atom stereocenters. The largest absolute Gasteiger partial charge is 0.446 e. The van der Waals surface area contributed by atoms with Gasteiger partial charge in [-0.25, -0.2) is 22.6 Å². The molecular weight excluding hydrogens is 497 g/mol. The number of ether oxygens (including phenoxy) is 1. The number of aromatic nitrogens is 2. The molecule has 0 aliphatic rings. The molecule has 3 aromatic rings. The molecule has 1 amide bonds. The second-order valence-corrected chi connectivity index (χ2v) is 11.1. The number of anilines is 1. The molecule has 3 rings (SSSR count). The van der Waals surface area contributed by atoms with E-state index in [9.17, 15) is 17.6 Å². The van der Waals surface area contributed by atoms with Crippen molar-refractivity contribution in [1.29, 1.82) is 0 Å². The summed E-state index contributed by atoms with van der Waals surface area (Å²) in [5.74, 6) is 0.636. The van der Waals surface area contributed by atoms with Crippen LogP contribution in [-0.4, -0.2) is 42.4 Å². The van der Waals surface area contributed by atoms with Crippen LogP contribution in [0.4, 0.5) is 14.9 Å². The monoisotopic (exact) mass is 531 g/mol. The van der Waals surface area contributed by atoms with E-state index in [0.29, 0.717) is 28.4 Å². The maximum Gasteiger partial charge on any atom is 0.428 e. The molecule has 1 heterocycles. The Morgan fingerprint density at radius 3 is 2.51 bits per heavy atom. The minimum absolute atomic E-state index is 0.0459. The predicted molar refractivity (Wildman–Crippen MR) is 142 cm³/mol. The van der Waals surface area contributed by atoms with Gasteiger partial charge in [0.2, 0.25) is 10.9 Å². The number of carbonyl (C=O) groups is 1. The van der Waals surface area contributed by atoms with Gasteiger partial charge in [-0.3, -0.25) is 0 Å². The summed E-state index contributed by atoms with van der Waals surface area (Å²) >= 11 is 0. The molecule has 0 saturated heterocycles. The Labute approximate surface area is 218 Å². The fourth-order valence-electron chi connectivity index (χ4n) is 4.23. The number of benzene rings is 2. The molecule has 0 aliphatic heterocycles. The van der Waals surface area contributed by atoms with Crippen LogP contribution in [0.1, 0.15) is 51.6 Å². The van der Waals surface area contributed by atoms with Gasteiger partial charge in [-0.05, 0) is 53.3 Å². The zero-order valence-corrected chi connectivity index (χ0v) is 22.7. The smallest absolute Gasteiger partial charge is 0.428 e. The molecule has 0 aliphatic carbocycles. The molecule has 0 fully saturated rings. The highest BCUT2D eigenvalue weighted by Gasteiger charge is 2.27. The van der Waals surface area contributed by atoms with Crippen molar-refractivity contribution in [2.24, 2.45) is 5.92 Å². The van der Waals surface area contributed by atoms with Crippen molar-refractivity contribution in [2.45, 2.75) is 53.0 Å². The summed E-state index contributed by atoms with van der Waals surface area (Å²) in [7, 11) is -3.46. The predicted octanol–water partition coefficient (Wildman–Crippen LogP) is 4.70. The van der Waals surface area contributed by atoms with E-state index in [2.05, 4.69) is 39.6 Å². The maximum absolute atomic E-state index is 14.2. The first kappa shape index (κ1) is 28.3. The van der Waals surface area contributed by atoms with Crippen molar-refractivity contribution in [3.8, 4) is 11.1 Å². The second-order valence-electron chi connectivity index (χ2n) is 10.3. The number of hydrogen-bond acceptors (Lipinski definition) is 6. The normalized spacial score (nSPS) is 11.8.